The maximum Gasteiger partial charge on any atom is 0.320 e. The van der Waals surface area contributed by atoms with Crippen molar-refractivity contribution in [1.82, 2.24) is 4.90 Å². The Morgan fingerprint density at radius 3 is 3.00 bits per heavy atom. The van der Waals surface area contributed by atoms with Crippen molar-refractivity contribution in [3.05, 3.63) is 0 Å². The standard InChI is InChI=1S/C8H12N2O2/c1-8(2)6-12-7(11)5-10(8)4-3-9/h4-6H2,1-2H3. The van der Waals surface area contributed by atoms with Crippen molar-refractivity contribution in [3.8, 4) is 6.07 Å². The summed E-state index contributed by atoms with van der Waals surface area (Å²) in [6.07, 6.45) is 0. The van der Waals surface area contributed by atoms with Gasteiger partial charge >= 0.3 is 5.97 Å². The van der Waals surface area contributed by atoms with Crippen LogP contribution in [0, 0.1) is 11.3 Å². The van der Waals surface area contributed by atoms with Crippen molar-refractivity contribution >= 4 is 5.97 Å². The van der Waals surface area contributed by atoms with Gasteiger partial charge in [-0.05, 0) is 13.8 Å². The number of nitrogens with zero attached hydrogens (tertiary/aromatic N) is 2. The van der Waals surface area contributed by atoms with Crippen LogP contribution in [0.4, 0.5) is 0 Å². The van der Waals surface area contributed by atoms with E-state index < -0.39 is 0 Å². The van der Waals surface area contributed by atoms with Crippen molar-refractivity contribution < 1.29 is 9.53 Å². The minimum atomic E-state index is -0.246. The minimum Gasteiger partial charge on any atom is -0.463 e. The van der Waals surface area contributed by atoms with Crippen LogP contribution >= 0.6 is 0 Å². The smallest absolute Gasteiger partial charge is 0.320 e. The van der Waals surface area contributed by atoms with Gasteiger partial charge in [-0.2, -0.15) is 5.26 Å². The molecule has 0 spiro atoms. The molecular formula is C8H12N2O2. The number of ether oxygens (including phenoxy) is 1. The molecule has 12 heavy (non-hydrogen) atoms. The first-order valence-electron chi connectivity index (χ1n) is 3.84. The SMILES string of the molecule is CC1(C)COC(=O)CN1CC#N. The van der Waals surface area contributed by atoms with Gasteiger partial charge in [-0.1, -0.05) is 0 Å². The lowest BCUT2D eigenvalue weighted by atomic mass is 10.0. The number of rotatable bonds is 1. The third-order valence-electron chi connectivity index (χ3n) is 2.02. The summed E-state index contributed by atoms with van der Waals surface area (Å²) in [6.45, 7) is 4.78. The molecule has 0 aromatic heterocycles. The number of carbonyl (C=O) groups excluding carboxylic acids is 1. The van der Waals surface area contributed by atoms with E-state index in [4.69, 9.17) is 10.00 Å². The van der Waals surface area contributed by atoms with Crippen molar-refractivity contribution in [3.63, 3.8) is 0 Å². The Hall–Kier alpha value is -1.08. The zero-order valence-electron chi connectivity index (χ0n) is 7.33. The summed E-state index contributed by atoms with van der Waals surface area (Å²) in [5, 5.41) is 8.49. The molecule has 1 aliphatic heterocycles. The van der Waals surface area contributed by atoms with E-state index in [1.54, 1.807) is 0 Å². The van der Waals surface area contributed by atoms with E-state index in [2.05, 4.69) is 0 Å². The molecular weight excluding hydrogens is 156 g/mol. The van der Waals surface area contributed by atoms with Gasteiger partial charge in [0.2, 0.25) is 0 Å². The van der Waals surface area contributed by atoms with Crippen LogP contribution in [0.5, 0.6) is 0 Å². The van der Waals surface area contributed by atoms with Crippen LogP contribution in [-0.4, -0.2) is 36.1 Å². The number of cyclic esters (lactones) is 1. The molecule has 1 aliphatic rings. The Morgan fingerprint density at radius 1 is 1.75 bits per heavy atom. The third kappa shape index (κ3) is 1.74. The van der Waals surface area contributed by atoms with Crippen molar-refractivity contribution in [1.29, 1.82) is 5.26 Å². The monoisotopic (exact) mass is 168 g/mol. The molecule has 4 nitrogen and oxygen atoms in total. The molecule has 66 valence electrons. The van der Waals surface area contributed by atoms with E-state index in [-0.39, 0.29) is 24.6 Å². The van der Waals surface area contributed by atoms with Gasteiger partial charge in [0.15, 0.2) is 0 Å². The fourth-order valence-electron chi connectivity index (χ4n) is 1.12. The van der Waals surface area contributed by atoms with Crippen LogP contribution in [-0.2, 0) is 9.53 Å². The summed E-state index contributed by atoms with van der Waals surface area (Å²) < 4.78 is 4.88. The highest BCUT2D eigenvalue weighted by molar-refractivity contribution is 5.72. The highest BCUT2D eigenvalue weighted by atomic mass is 16.5. The van der Waals surface area contributed by atoms with E-state index >= 15 is 0 Å². The number of nitriles is 1. The first-order chi connectivity index (χ1) is 5.56. The zero-order valence-corrected chi connectivity index (χ0v) is 7.33. The Balaban J connectivity index is 2.66. The average Bonchev–Trinajstić information content (AvgIpc) is 1.98. The molecule has 1 saturated heterocycles. The van der Waals surface area contributed by atoms with Crippen LogP contribution in [0.3, 0.4) is 0 Å². The average molecular weight is 168 g/mol. The molecule has 1 heterocycles. The number of hydrogen-bond donors (Lipinski definition) is 0. The van der Waals surface area contributed by atoms with Gasteiger partial charge in [-0.15, -0.1) is 0 Å². The van der Waals surface area contributed by atoms with E-state index in [0.29, 0.717) is 6.61 Å². The van der Waals surface area contributed by atoms with Gasteiger partial charge in [0.1, 0.15) is 6.61 Å². The van der Waals surface area contributed by atoms with Crippen LogP contribution in [0.15, 0.2) is 0 Å². The summed E-state index contributed by atoms with van der Waals surface area (Å²) in [4.78, 5) is 12.7. The van der Waals surface area contributed by atoms with Crippen molar-refractivity contribution in [2.75, 3.05) is 19.7 Å². The van der Waals surface area contributed by atoms with E-state index in [1.807, 2.05) is 24.8 Å². The fraction of sp³-hybridized carbons (Fsp3) is 0.750. The van der Waals surface area contributed by atoms with Gasteiger partial charge in [-0.25, -0.2) is 0 Å². The lowest BCUT2D eigenvalue weighted by Gasteiger charge is -2.39. The molecule has 1 fully saturated rings. The van der Waals surface area contributed by atoms with Crippen molar-refractivity contribution in [2.24, 2.45) is 0 Å². The van der Waals surface area contributed by atoms with Crippen LogP contribution in [0.25, 0.3) is 0 Å². The summed E-state index contributed by atoms with van der Waals surface area (Å²) in [5.41, 5.74) is -0.205. The van der Waals surface area contributed by atoms with Gasteiger partial charge in [0.05, 0.1) is 24.7 Å². The number of esters is 1. The molecule has 0 radical (unpaired) electrons. The lowest BCUT2D eigenvalue weighted by Crippen LogP contribution is -2.54. The molecule has 0 aliphatic carbocycles. The Kier molecular flexibility index (Phi) is 2.34. The number of hydrogen-bond acceptors (Lipinski definition) is 4. The first kappa shape index (κ1) is 9.01. The van der Waals surface area contributed by atoms with E-state index in [9.17, 15) is 4.79 Å². The molecule has 0 N–H and O–H groups in total. The van der Waals surface area contributed by atoms with Crippen LogP contribution < -0.4 is 0 Å². The Morgan fingerprint density at radius 2 is 2.42 bits per heavy atom. The highest BCUT2D eigenvalue weighted by Crippen LogP contribution is 2.18. The molecule has 1 rings (SSSR count). The normalized spacial score (nSPS) is 22.9. The largest absolute Gasteiger partial charge is 0.463 e. The van der Waals surface area contributed by atoms with Crippen molar-refractivity contribution in [2.45, 2.75) is 19.4 Å². The van der Waals surface area contributed by atoms with Gasteiger partial charge in [0, 0.05) is 0 Å². The minimum absolute atomic E-state index is 0.205. The Bertz CT molecular complexity index is 230. The topological polar surface area (TPSA) is 53.3 Å². The summed E-state index contributed by atoms with van der Waals surface area (Å²) in [7, 11) is 0. The molecule has 0 unspecified atom stereocenters. The number of morpholine rings is 1. The van der Waals surface area contributed by atoms with Gasteiger partial charge in [0.25, 0.3) is 0 Å². The molecule has 4 heteroatoms. The molecule has 0 bridgehead atoms. The first-order valence-corrected chi connectivity index (χ1v) is 3.84. The molecule has 0 amide bonds. The highest BCUT2D eigenvalue weighted by Gasteiger charge is 2.34. The maximum absolute atomic E-state index is 10.9. The van der Waals surface area contributed by atoms with Crippen LogP contribution in [0.1, 0.15) is 13.8 Å². The van der Waals surface area contributed by atoms with Gasteiger partial charge in [-0.3, -0.25) is 9.69 Å². The predicted octanol–water partition coefficient (Wildman–Crippen LogP) is 0.147. The molecule has 0 atom stereocenters. The van der Waals surface area contributed by atoms with E-state index in [1.165, 1.54) is 0 Å². The quantitative estimate of drug-likeness (QED) is 0.413. The summed E-state index contributed by atoms with van der Waals surface area (Å²) in [5.74, 6) is -0.246. The fourth-order valence-corrected chi connectivity index (χ4v) is 1.12. The molecule has 0 aromatic carbocycles. The maximum atomic E-state index is 10.9. The number of carbonyl (C=O) groups is 1. The second-order valence-electron chi connectivity index (χ2n) is 3.49. The molecule has 0 saturated carbocycles. The Labute approximate surface area is 71.7 Å². The second-order valence-corrected chi connectivity index (χ2v) is 3.49. The zero-order chi connectivity index (χ0) is 9.19. The predicted molar refractivity (Wildman–Crippen MR) is 42.2 cm³/mol. The molecule has 0 aromatic rings. The van der Waals surface area contributed by atoms with Gasteiger partial charge < -0.3 is 4.74 Å². The van der Waals surface area contributed by atoms with Crippen LogP contribution in [0.2, 0.25) is 0 Å². The summed E-state index contributed by atoms with van der Waals surface area (Å²) >= 11 is 0. The lowest BCUT2D eigenvalue weighted by molar-refractivity contribution is -0.159. The summed E-state index contributed by atoms with van der Waals surface area (Å²) in [6, 6.07) is 2.03. The third-order valence-corrected chi connectivity index (χ3v) is 2.02. The second kappa shape index (κ2) is 3.11. The van der Waals surface area contributed by atoms with E-state index in [0.717, 1.165) is 0 Å².